The van der Waals surface area contributed by atoms with Crippen molar-refractivity contribution in [1.29, 1.82) is 5.41 Å². The lowest BCUT2D eigenvalue weighted by atomic mass is 10.1. The van der Waals surface area contributed by atoms with Crippen molar-refractivity contribution in [3.63, 3.8) is 0 Å². The summed E-state index contributed by atoms with van der Waals surface area (Å²) < 4.78 is 28.0. The van der Waals surface area contributed by atoms with Gasteiger partial charge in [-0.25, -0.2) is 13.8 Å². The van der Waals surface area contributed by atoms with E-state index in [2.05, 4.69) is 15.3 Å². The quantitative estimate of drug-likeness (QED) is 0.410. The third kappa shape index (κ3) is 5.05. The molecule has 1 aromatic carbocycles. The van der Waals surface area contributed by atoms with Gasteiger partial charge in [0.2, 0.25) is 0 Å². The molecule has 1 aliphatic heterocycles. The molecule has 31 heavy (non-hydrogen) atoms. The summed E-state index contributed by atoms with van der Waals surface area (Å²) in [5.74, 6) is -0.653. The number of carbonyl (C=O) groups is 1. The second-order valence-corrected chi connectivity index (χ2v) is 8.19. The van der Waals surface area contributed by atoms with Gasteiger partial charge in [0.1, 0.15) is 33.9 Å². The molecule has 11 heteroatoms. The van der Waals surface area contributed by atoms with E-state index in [1.165, 1.54) is 6.07 Å². The van der Waals surface area contributed by atoms with Crippen LogP contribution in [0, 0.1) is 11.2 Å². The smallest absolute Gasteiger partial charge is 0.273 e. The van der Waals surface area contributed by atoms with E-state index in [4.69, 9.17) is 16.9 Å². The predicted molar refractivity (Wildman–Crippen MR) is 119 cm³/mol. The van der Waals surface area contributed by atoms with Gasteiger partial charge in [0.15, 0.2) is 5.69 Å². The van der Waals surface area contributed by atoms with Crippen molar-refractivity contribution in [3.8, 4) is 10.6 Å². The van der Waals surface area contributed by atoms with Crippen molar-refractivity contribution < 1.29 is 13.6 Å². The number of amidine groups is 1. The zero-order valence-corrected chi connectivity index (χ0v) is 17.8. The monoisotopic (exact) mass is 449 g/mol. The number of nitrogens with one attached hydrogen (secondary N) is 2. The fourth-order valence-electron chi connectivity index (χ4n) is 3.43. The third-order valence-corrected chi connectivity index (χ3v) is 6.05. The number of anilines is 1. The number of alkyl halides is 1. The molecule has 0 bridgehead atoms. The number of carbonyl (C=O) groups excluding carboxylic acids is 1. The fourth-order valence-corrected chi connectivity index (χ4v) is 4.29. The van der Waals surface area contributed by atoms with Crippen molar-refractivity contribution >= 4 is 34.3 Å². The van der Waals surface area contributed by atoms with Crippen molar-refractivity contribution in [3.05, 3.63) is 35.8 Å². The summed E-state index contributed by atoms with van der Waals surface area (Å²) in [6, 6.07) is 4.67. The Morgan fingerprint density at radius 3 is 2.81 bits per heavy atom. The van der Waals surface area contributed by atoms with Gasteiger partial charge in [-0.3, -0.25) is 9.79 Å². The average molecular weight is 450 g/mol. The number of halogens is 2. The second kappa shape index (κ2) is 9.92. The molecule has 2 heterocycles. The van der Waals surface area contributed by atoms with Crippen LogP contribution in [0.2, 0.25) is 0 Å². The van der Waals surface area contributed by atoms with E-state index in [-0.39, 0.29) is 27.7 Å². The first-order valence-corrected chi connectivity index (χ1v) is 10.6. The Hall–Kier alpha value is -2.92. The summed E-state index contributed by atoms with van der Waals surface area (Å²) in [5, 5.41) is 10.9. The fraction of sp³-hybridized carbons (Fsp3) is 0.400. The number of likely N-dealkylation sites (tertiary alicyclic amines) is 1. The molecular weight excluding hydrogens is 424 g/mol. The van der Waals surface area contributed by atoms with Gasteiger partial charge in [-0.15, -0.1) is 0 Å². The maximum Gasteiger partial charge on any atom is 0.273 e. The van der Waals surface area contributed by atoms with Crippen LogP contribution in [0.15, 0.2) is 29.3 Å². The van der Waals surface area contributed by atoms with Crippen molar-refractivity contribution in [2.75, 3.05) is 25.9 Å². The number of nitrogens with zero attached hydrogens (tertiary/aromatic N) is 3. The zero-order valence-electron chi connectivity index (χ0n) is 17.0. The average Bonchev–Trinajstić information content (AvgIpc) is 3.07. The van der Waals surface area contributed by atoms with Crippen LogP contribution >= 0.6 is 11.3 Å². The normalized spacial score (nSPS) is 20.8. The highest BCUT2D eigenvalue weighted by molar-refractivity contribution is 7.19. The molecule has 2 aromatic rings. The maximum atomic E-state index is 14.1. The van der Waals surface area contributed by atoms with E-state index in [1.54, 1.807) is 25.2 Å². The Kier molecular flexibility index (Phi) is 7.29. The first kappa shape index (κ1) is 22.8. The molecule has 166 valence electrons. The van der Waals surface area contributed by atoms with Crippen LogP contribution in [-0.2, 0) is 0 Å². The van der Waals surface area contributed by atoms with Crippen LogP contribution in [0.3, 0.4) is 0 Å². The molecular formula is C20H25F2N7OS. The summed E-state index contributed by atoms with van der Waals surface area (Å²) in [7, 11) is 1.54. The largest absolute Gasteiger partial charge is 0.389 e. The molecule has 3 unspecified atom stereocenters. The van der Waals surface area contributed by atoms with E-state index in [9.17, 15) is 13.6 Å². The van der Waals surface area contributed by atoms with Gasteiger partial charge in [0.05, 0.1) is 0 Å². The summed E-state index contributed by atoms with van der Waals surface area (Å²) in [4.78, 5) is 23.1. The number of nitrogens with two attached hydrogens (primary N) is 2. The molecule has 1 fully saturated rings. The predicted octanol–water partition coefficient (Wildman–Crippen LogP) is 2.07. The lowest BCUT2D eigenvalue weighted by Crippen LogP contribution is -2.50. The molecule has 1 aliphatic rings. The molecule has 1 saturated heterocycles. The molecule has 6 N–H and O–H groups in total. The molecule has 1 aromatic heterocycles. The Bertz CT molecular complexity index is 968. The van der Waals surface area contributed by atoms with Gasteiger partial charge in [-0.1, -0.05) is 23.5 Å². The minimum Gasteiger partial charge on any atom is -0.389 e. The zero-order chi connectivity index (χ0) is 22.5. The van der Waals surface area contributed by atoms with Crippen molar-refractivity contribution in [2.24, 2.45) is 10.7 Å². The van der Waals surface area contributed by atoms with Crippen LogP contribution in [0.5, 0.6) is 0 Å². The van der Waals surface area contributed by atoms with Gasteiger partial charge in [-0.2, -0.15) is 0 Å². The first-order valence-electron chi connectivity index (χ1n) is 9.79. The molecule has 8 nitrogen and oxygen atoms in total. The number of rotatable bonds is 5. The van der Waals surface area contributed by atoms with E-state index >= 15 is 0 Å². The molecule has 0 radical (unpaired) electrons. The number of amides is 1. The summed E-state index contributed by atoms with van der Waals surface area (Å²) in [5.41, 5.74) is 12.0. The lowest BCUT2D eigenvalue weighted by molar-refractivity contribution is 0.0949. The highest BCUT2D eigenvalue weighted by Gasteiger charge is 2.29. The van der Waals surface area contributed by atoms with E-state index in [0.29, 0.717) is 25.3 Å². The summed E-state index contributed by atoms with van der Waals surface area (Å²) in [6.45, 7) is 0.836. The molecule has 0 aliphatic carbocycles. The maximum absolute atomic E-state index is 14.1. The third-order valence-electron chi connectivity index (χ3n) is 5.13. The SMILES string of the molecule is CN=C(C(C=N)NC(=O)c1nc(-c2ccccc2F)sc1N)N1CCC(N)C(F)CC1. The minimum atomic E-state index is -1.11. The van der Waals surface area contributed by atoms with E-state index in [0.717, 1.165) is 17.6 Å². The Labute approximate surface area is 182 Å². The Morgan fingerprint density at radius 1 is 1.42 bits per heavy atom. The first-order chi connectivity index (χ1) is 14.8. The van der Waals surface area contributed by atoms with Crippen LogP contribution in [-0.4, -0.2) is 66.2 Å². The van der Waals surface area contributed by atoms with E-state index in [1.807, 2.05) is 4.90 Å². The summed E-state index contributed by atoms with van der Waals surface area (Å²) >= 11 is 1.00. The van der Waals surface area contributed by atoms with Crippen LogP contribution in [0.4, 0.5) is 13.8 Å². The number of aromatic nitrogens is 1. The molecule has 3 rings (SSSR count). The Balaban J connectivity index is 1.78. The van der Waals surface area contributed by atoms with Crippen LogP contribution < -0.4 is 16.8 Å². The molecule has 3 atom stereocenters. The minimum absolute atomic E-state index is 0.0488. The van der Waals surface area contributed by atoms with Gasteiger partial charge < -0.3 is 27.1 Å². The van der Waals surface area contributed by atoms with Gasteiger partial charge in [0.25, 0.3) is 5.91 Å². The topological polar surface area (TPSA) is 133 Å². The highest BCUT2D eigenvalue weighted by Crippen LogP contribution is 2.31. The second-order valence-electron chi connectivity index (χ2n) is 7.16. The Morgan fingerprint density at radius 2 is 2.13 bits per heavy atom. The lowest BCUT2D eigenvalue weighted by Gasteiger charge is -2.28. The van der Waals surface area contributed by atoms with Gasteiger partial charge >= 0.3 is 0 Å². The number of hydrogen-bond donors (Lipinski definition) is 4. The standard InChI is InChI=1S/C20H25F2N7OS/c1-26-18(29-8-6-13(22)14(24)7-9-29)15(10-23)27-19(30)16-17(25)31-20(28-16)11-4-2-3-5-12(11)21/h2-5,10,13-15,23H,6-9,24-25H2,1H3,(H,27,30). The summed E-state index contributed by atoms with van der Waals surface area (Å²) in [6.07, 6.45) is 0.606. The molecule has 0 saturated carbocycles. The van der Waals surface area contributed by atoms with E-state index < -0.39 is 30.0 Å². The van der Waals surface area contributed by atoms with Crippen LogP contribution in [0.25, 0.3) is 10.6 Å². The van der Waals surface area contributed by atoms with Gasteiger partial charge in [-0.05, 0) is 25.0 Å². The number of nitrogen functional groups attached to an aromatic ring is 1. The molecule has 1 amide bonds. The number of benzene rings is 1. The van der Waals surface area contributed by atoms with Gasteiger partial charge in [0, 0.05) is 38.0 Å². The number of thiazole rings is 1. The van der Waals surface area contributed by atoms with Crippen LogP contribution in [0.1, 0.15) is 23.3 Å². The number of hydrogen-bond acceptors (Lipinski definition) is 7. The van der Waals surface area contributed by atoms with Crippen molar-refractivity contribution in [2.45, 2.75) is 31.1 Å². The number of aliphatic imine (C=N–C) groups is 1. The van der Waals surface area contributed by atoms with Crippen molar-refractivity contribution in [1.82, 2.24) is 15.2 Å². The molecule has 0 spiro atoms. The highest BCUT2D eigenvalue weighted by atomic mass is 32.1.